The summed E-state index contributed by atoms with van der Waals surface area (Å²) in [5.74, 6) is -0.742. The van der Waals surface area contributed by atoms with Crippen molar-refractivity contribution in [3.8, 4) is 5.88 Å². The largest absolute Gasteiger partial charge is 0.490 e. The van der Waals surface area contributed by atoms with Crippen molar-refractivity contribution in [2.75, 3.05) is 18.8 Å². The molecule has 2 fully saturated rings. The Bertz CT molecular complexity index is 667. The Morgan fingerprint density at radius 2 is 2.07 bits per heavy atom. The standard InChI is InChI=1S/C16H22N2O2S.C2HF3O2/c1-2-3-7-15(19)18-11-16(12-18)9-13(10-21-16)20-14-6-4-5-8-17-14;3-2(4,5)1(6)7/h4-6,8,13H,2-3,7,9-12H2,1H3;(H,6,7). The molecule has 0 aliphatic carbocycles. The fourth-order valence-corrected chi connectivity index (χ4v) is 4.52. The molecule has 0 saturated carbocycles. The third kappa shape index (κ3) is 6.29. The quantitative estimate of drug-likeness (QED) is 0.787. The molecular formula is C18H23F3N2O4S. The van der Waals surface area contributed by atoms with Gasteiger partial charge in [-0.3, -0.25) is 4.79 Å². The lowest BCUT2D eigenvalue weighted by molar-refractivity contribution is -0.192. The van der Waals surface area contributed by atoms with Crippen LogP contribution in [-0.2, 0) is 9.59 Å². The Hall–Kier alpha value is -1.97. The first-order valence-corrected chi connectivity index (χ1v) is 9.93. The zero-order valence-corrected chi connectivity index (χ0v) is 16.3. The zero-order valence-electron chi connectivity index (χ0n) is 15.4. The van der Waals surface area contributed by atoms with Gasteiger partial charge in [-0.2, -0.15) is 13.2 Å². The van der Waals surface area contributed by atoms with E-state index in [0.29, 0.717) is 18.2 Å². The van der Waals surface area contributed by atoms with Crippen LogP contribution in [0.25, 0.3) is 0 Å². The van der Waals surface area contributed by atoms with Crippen LogP contribution in [-0.4, -0.2) is 62.7 Å². The van der Waals surface area contributed by atoms with E-state index in [1.54, 1.807) is 6.20 Å². The molecule has 1 aromatic rings. The minimum Gasteiger partial charge on any atom is -0.475 e. The molecule has 1 N–H and O–H groups in total. The van der Waals surface area contributed by atoms with Crippen LogP contribution in [0.4, 0.5) is 13.2 Å². The fraction of sp³-hybridized carbons (Fsp3) is 0.611. The van der Waals surface area contributed by atoms with Crippen LogP contribution in [0.2, 0.25) is 0 Å². The molecule has 10 heteroatoms. The molecule has 2 aliphatic rings. The maximum absolute atomic E-state index is 12.0. The van der Waals surface area contributed by atoms with Gasteiger partial charge in [0.25, 0.3) is 0 Å². The van der Waals surface area contributed by atoms with E-state index in [0.717, 1.165) is 38.1 Å². The number of pyridine rings is 1. The third-order valence-corrected chi connectivity index (χ3v) is 5.97. The molecule has 6 nitrogen and oxygen atoms in total. The number of aliphatic carboxylic acids is 1. The Morgan fingerprint density at radius 3 is 2.61 bits per heavy atom. The van der Waals surface area contributed by atoms with Gasteiger partial charge in [-0.25, -0.2) is 9.78 Å². The molecule has 0 bridgehead atoms. The summed E-state index contributed by atoms with van der Waals surface area (Å²) in [5, 5.41) is 7.12. The minimum atomic E-state index is -5.08. The van der Waals surface area contributed by atoms with Crippen LogP contribution >= 0.6 is 11.8 Å². The van der Waals surface area contributed by atoms with Gasteiger partial charge in [-0.15, -0.1) is 11.8 Å². The summed E-state index contributed by atoms with van der Waals surface area (Å²) in [7, 11) is 0. The van der Waals surface area contributed by atoms with Crippen LogP contribution < -0.4 is 4.74 Å². The Kier molecular flexibility index (Phi) is 7.56. The number of aromatic nitrogens is 1. The number of hydrogen-bond acceptors (Lipinski definition) is 5. The number of unbranched alkanes of at least 4 members (excludes halogenated alkanes) is 1. The van der Waals surface area contributed by atoms with Gasteiger partial charge in [0.2, 0.25) is 11.8 Å². The molecule has 1 aromatic heterocycles. The van der Waals surface area contributed by atoms with Gasteiger partial charge < -0.3 is 14.7 Å². The van der Waals surface area contributed by atoms with E-state index >= 15 is 0 Å². The Balaban J connectivity index is 0.000000345. The summed E-state index contributed by atoms with van der Waals surface area (Å²) in [5.41, 5.74) is 0. The number of rotatable bonds is 5. The van der Waals surface area contributed by atoms with Crippen molar-refractivity contribution < 1.29 is 32.6 Å². The third-order valence-electron chi connectivity index (χ3n) is 4.40. The number of likely N-dealkylation sites (tertiary alicyclic amines) is 1. The molecule has 0 radical (unpaired) electrons. The number of carboxylic acids is 1. The van der Waals surface area contributed by atoms with Gasteiger partial charge in [-0.1, -0.05) is 19.4 Å². The smallest absolute Gasteiger partial charge is 0.475 e. The van der Waals surface area contributed by atoms with E-state index in [4.69, 9.17) is 14.6 Å². The number of halogens is 3. The average Bonchev–Trinajstić information content (AvgIpc) is 3.03. The topological polar surface area (TPSA) is 79.7 Å². The first-order chi connectivity index (χ1) is 13.1. The van der Waals surface area contributed by atoms with Crippen molar-refractivity contribution >= 4 is 23.6 Å². The maximum atomic E-state index is 12.0. The minimum absolute atomic E-state index is 0.220. The lowest BCUT2D eigenvalue weighted by atomic mass is 9.92. The van der Waals surface area contributed by atoms with E-state index in [2.05, 4.69) is 11.9 Å². The van der Waals surface area contributed by atoms with Gasteiger partial charge >= 0.3 is 12.1 Å². The summed E-state index contributed by atoms with van der Waals surface area (Å²) < 4.78 is 37.9. The highest BCUT2D eigenvalue weighted by atomic mass is 32.2. The van der Waals surface area contributed by atoms with Gasteiger partial charge in [0.15, 0.2) is 0 Å². The first-order valence-electron chi connectivity index (χ1n) is 8.95. The van der Waals surface area contributed by atoms with Crippen LogP contribution in [0, 0.1) is 0 Å². The molecule has 28 heavy (non-hydrogen) atoms. The van der Waals surface area contributed by atoms with Gasteiger partial charge in [-0.05, 0) is 12.5 Å². The van der Waals surface area contributed by atoms with E-state index < -0.39 is 12.1 Å². The molecule has 1 atom stereocenters. The van der Waals surface area contributed by atoms with Gasteiger partial charge in [0.05, 0.1) is 4.75 Å². The van der Waals surface area contributed by atoms with E-state index in [1.807, 2.05) is 34.9 Å². The van der Waals surface area contributed by atoms with E-state index in [1.165, 1.54) is 0 Å². The lowest BCUT2D eigenvalue weighted by Gasteiger charge is -2.47. The van der Waals surface area contributed by atoms with Crippen LogP contribution in [0.3, 0.4) is 0 Å². The second-order valence-electron chi connectivity index (χ2n) is 6.76. The van der Waals surface area contributed by atoms with Crippen LogP contribution in [0.15, 0.2) is 24.4 Å². The van der Waals surface area contributed by atoms with Crippen LogP contribution in [0.1, 0.15) is 32.6 Å². The number of amides is 1. The maximum Gasteiger partial charge on any atom is 0.490 e. The molecule has 1 amide bonds. The number of hydrogen-bond donors (Lipinski definition) is 1. The van der Waals surface area contributed by atoms with Gasteiger partial charge in [0, 0.05) is 43.9 Å². The van der Waals surface area contributed by atoms with Crippen LogP contribution in [0.5, 0.6) is 5.88 Å². The predicted molar refractivity (Wildman–Crippen MR) is 98.3 cm³/mol. The summed E-state index contributed by atoms with van der Waals surface area (Å²) in [6, 6.07) is 5.73. The highest BCUT2D eigenvalue weighted by Gasteiger charge is 2.51. The zero-order chi connectivity index (χ0) is 20.8. The van der Waals surface area contributed by atoms with Crippen molar-refractivity contribution in [2.24, 2.45) is 0 Å². The molecule has 3 rings (SSSR count). The van der Waals surface area contributed by atoms with E-state index in [-0.39, 0.29) is 10.9 Å². The normalized spacial score (nSPS) is 20.1. The average molecular weight is 420 g/mol. The first kappa shape index (κ1) is 22.3. The molecule has 156 valence electrons. The number of alkyl halides is 3. The van der Waals surface area contributed by atoms with Crippen molar-refractivity contribution in [1.82, 2.24) is 9.88 Å². The highest BCUT2D eigenvalue weighted by molar-refractivity contribution is 8.01. The second-order valence-corrected chi connectivity index (χ2v) is 8.25. The van der Waals surface area contributed by atoms with Crippen molar-refractivity contribution in [3.05, 3.63) is 24.4 Å². The molecular weight excluding hydrogens is 397 g/mol. The SMILES string of the molecule is CCCCC(=O)N1CC2(CC(Oc3ccccn3)CS2)C1.O=C(O)C(F)(F)F. The highest BCUT2D eigenvalue weighted by Crippen LogP contribution is 2.46. The van der Waals surface area contributed by atoms with Crippen molar-refractivity contribution in [1.29, 1.82) is 0 Å². The van der Waals surface area contributed by atoms with Gasteiger partial charge in [0.1, 0.15) is 6.10 Å². The number of nitrogens with zero attached hydrogens (tertiary/aromatic N) is 2. The predicted octanol–water partition coefficient (Wildman–Crippen LogP) is 3.37. The number of ether oxygens (including phenoxy) is 1. The summed E-state index contributed by atoms with van der Waals surface area (Å²) >= 11 is 1.96. The lowest BCUT2D eigenvalue weighted by Crippen LogP contribution is -2.60. The number of thioether (sulfide) groups is 1. The van der Waals surface area contributed by atoms with Crippen molar-refractivity contribution in [2.45, 2.75) is 49.6 Å². The number of carboxylic acid groups (broad SMARTS) is 1. The summed E-state index contributed by atoms with van der Waals surface area (Å²) in [6.45, 7) is 3.90. The Morgan fingerprint density at radius 1 is 1.39 bits per heavy atom. The summed E-state index contributed by atoms with van der Waals surface area (Å²) in [4.78, 5) is 27.1. The Labute approximate surface area is 165 Å². The molecule has 0 aromatic carbocycles. The molecule has 2 aliphatic heterocycles. The fourth-order valence-electron chi connectivity index (χ4n) is 3.00. The molecule has 2 saturated heterocycles. The molecule has 1 unspecified atom stereocenters. The number of carbonyl (C=O) groups is 2. The second kappa shape index (κ2) is 9.49. The monoisotopic (exact) mass is 420 g/mol. The number of carbonyl (C=O) groups excluding carboxylic acids is 1. The summed E-state index contributed by atoms with van der Waals surface area (Å²) in [6.07, 6.45) is 0.694. The van der Waals surface area contributed by atoms with Crippen molar-refractivity contribution in [3.63, 3.8) is 0 Å². The molecule has 1 spiro atoms. The van der Waals surface area contributed by atoms with E-state index in [9.17, 15) is 18.0 Å². The molecule has 3 heterocycles.